The second kappa shape index (κ2) is 6.14. The van der Waals surface area contributed by atoms with Gasteiger partial charge in [0.15, 0.2) is 0 Å². The Hall–Kier alpha value is 0.583. The molecule has 68 valence electrons. The summed E-state index contributed by atoms with van der Waals surface area (Å²) in [6.45, 7) is 0. The molecule has 0 aliphatic rings. The van der Waals surface area contributed by atoms with Gasteiger partial charge < -0.3 is 4.98 Å². The first-order valence-corrected chi connectivity index (χ1v) is 12.3. The zero-order chi connectivity index (χ0) is 10.5. The summed E-state index contributed by atoms with van der Waals surface area (Å²) >= 11 is 8.87. The molecule has 0 aliphatic carbocycles. The van der Waals surface area contributed by atoms with E-state index in [0.29, 0.717) is 6.20 Å². The van der Waals surface area contributed by atoms with Gasteiger partial charge in [-0.1, -0.05) is 6.20 Å². The van der Waals surface area contributed by atoms with Crippen LogP contribution in [0.2, 0.25) is 5.15 Å². The molecule has 0 bridgehead atoms. The maximum atomic E-state index is 11.8. The summed E-state index contributed by atoms with van der Waals surface area (Å²) < 4.78 is 35.4. The molecule has 0 amide bonds. The third-order valence-corrected chi connectivity index (χ3v) is 1.18. The molecule has 0 saturated carbocycles. The van der Waals surface area contributed by atoms with Gasteiger partial charge in [-0.3, -0.25) is 0 Å². The normalized spacial score (nSPS) is 10.4. The van der Waals surface area contributed by atoms with Gasteiger partial charge in [-0.05, 0) is 5.56 Å². The van der Waals surface area contributed by atoms with E-state index < -0.39 is 11.7 Å². The summed E-state index contributed by atoms with van der Waals surface area (Å²) in [5, 5.41) is -0.00185. The van der Waals surface area contributed by atoms with Crippen LogP contribution in [0.3, 0.4) is 0 Å². The molecule has 0 fully saturated rings. The molecular formula is C6H2ClF3INZn. The molecule has 0 radical (unpaired) electrons. The molecular weight excluding hydrogens is 371 g/mol. The molecule has 7 heteroatoms. The van der Waals surface area contributed by atoms with Crippen LogP contribution >= 0.6 is 31.4 Å². The summed E-state index contributed by atoms with van der Waals surface area (Å²) in [6.07, 6.45) is -3.75. The zero-order valence-electron chi connectivity index (χ0n) is 6.20. The quantitative estimate of drug-likeness (QED) is 0.294. The average Bonchev–Trinajstić information content (AvgIpc) is 2.07. The summed E-state index contributed by atoms with van der Waals surface area (Å²) in [6, 6.07) is 2.93. The molecule has 0 saturated heterocycles. The van der Waals surface area contributed by atoms with E-state index in [-0.39, 0.29) is 5.15 Å². The van der Waals surface area contributed by atoms with E-state index in [1.165, 1.54) is 14.8 Å². The van der Waals surface area contributed by atoms with Gasteiger partial charge in [0, 0.05) is 5.15 Å². The summed E-state index contributed by atoms with van der Waals surface area (Å²) in [5.74, 6) is 0. The third-order valence-electron chi connectivity index (χ3n) is 0.969. The van der Waals surface area contributed by atoms with Gasteiger partial charge in [0.25, 0.3) is 0 Å². The van der Waals surface area contributed by atoms with Crippen molar-refractivity contribution >= 4 is 31.4 Å². The van der Waals surface area contributed by atoms with Crippen molar-refractivity contribution in [2.45, 2.75) is 6.18 Å². The molecule has 13 heavy (non-hydrogen) atoms. The first-order chi connectivity index (χ1) is 6.00. The summed E-state index contributed by atoms with van der Waals surface area (Å²) in [4.78, 5) is 3.26. The van der Waals surface area contributed by atoms with Crippen LogP contribution < -0.4 is 0 Å². The van der Waals surface area contributed by atoms with Crippen molar-refractivity contribution in [3.05, 3.63) is 29.0 Å². The van der Waals surface area contributed by atoms with E-state index in [0.717, 1.165) is 6.07 Å². The Morgan fingerprint density at radius 3 is 2.31 bits per heavy atom. The van der Waals surface area contributed by atoms with E-state index in [4.69, 9.17) is 11.6 Å². The average molecular weight is 373 g/mol. The SMILES string of the molecule is FC(F)(F)c1[c-]cc(Cl)nc1.[Zn+][I]. The van der Waals surface area contributed by atoms with Crippen LogP contribution in [0, 0.1) is 6.07 Å². The predicted octanol–water partition coefficient (Wildman–Crippen LogP) is 3.44. The Kier molecular flexibility index (Phi) is 6.41. The number of aromatic nitrogens is 1. The Morgan fingerprint density at radius 2 is 2.00 bits per heavy atom. The monoisotopic (exact) mass is 371 g/mol. The van der Waals surface area contributed by atoms with Crippen molar-refractivity contribution in [2.24, 2.45) is 0 Å². The Morgan fingerprint density at radius 1 is 1.46 bits per heavy atom. The number of alkyl halides is 3. The fraction of sp³-hybridized carbons (Fsp3) is 0.167. The molecule has 1 aromatic rings. The van der Waals surface area contributed by atoms with Crippen LogP contribution in [0.15, 0.2) is 12.3 Å². The van der Waals surface area contributed by atoms with Crippen molar-refractivity contribution in [1.82, 2.24) is 4.98 Å². The van der Waals surface area contributed by atoms with E-state index >= 15 is 0 Å². The van der Waals surface area contributed by atoms with Crippen LogP contribution in [-0.4, -0.2) is 4.98 Å². The van der Waals surface area contributed by atoms with Crippen molar-refractivity contribution < 1.29 is 28.0 Å². The standard InChI is InChI=1S/C6H2ClF3N.HI.Zn/c7-5-2-1-4(3-11-5)6(8,9)10;;/h2-3H;1H;/q-1;;+2/p-1. The van der Waals surface area contributed by atoms with E-state index in [9.17, 15) is 13.2 Å². The minimum atomic E-state index is -4.39. The third kappa shape index (κ3) is 5.13. The van der Waals surface area contributed by atoms with Crippen LogP contribution in [0.1, 0.15) is 5.56 Å². The first-order valence-electron chi connectivity index (χ1n) is 2.87. The minimum absolute atomic E-state index is 0.00185. The van der Waals surface area contributed by atoms with Gasteiger partial charge in [-0.25, -0.2) is 0 Å². The molecule has 1 rings (SSSR count). The topological polar surface area (TPSA) is 12.9 Å². The summed E-state index contributed by atoms with van der Waals surface area (Å²) in [7, 11) is 0. The number of rotatable bonds is 0. The molecule has 1 heterocycles. The van der Waals surface area contributed by atoms with Crippen molar-refractivity contribution in [1.29, 1.82) is 0 Å². The van der Waals surface area contributed by atoms with E-state index in [1.54, 1.807) is 0 Å². The van der Waals surface area contributed by atoms with Gasteiger partial charge in [0.05, 0.1) is 0 Å². The molecule has 0 unspecified atom stereocenters. The van der Waals surface area contributed by atoms with Crippen LogP contribution in [0.25, 0.3) is 0 Å². The molecule has 0 spiro atoms. The Labute approximate surface area is 98.9 Å². The molecule has 0 aliphatic heterocycles. The van der Waals surface area contributed by atoms with Gasteiger partial charge in [-0.2, -0.15) is 19.2 Å². The summed E-state index contributed by atoms with van der Waals surface area (Å²) in [5.41, 5.74) is -0.915. The molecule has 0 aromatic carbocycles. The molecule has 0 N–H and O–H groups in total. The predicted molar refractivity (Wildman–Crippen MR) is 47.1 cm³/mol. The van der Waals surface area contributed by atoms with Gasteiger partial charge in [-0.15, -0.1) is 17.7 Å². The zero-order valence-corrected chi connectivity index (χ0v) is 12.1. The molecule has 1 nitrogen and oxygen atoms in total. The second-order valence-electron chi connectivity index (χ2n) is 1.78. The molecule has 1 aromatic heterocycles. The van der Waals surface area contributed by atoms with E-state index in [1.807, 2.05) is 6.07 Å². The number of hydrogen-bond donors (Lipinski definition) is 0. The number of pyridine rings is 1. The Bertz CT molecular complexity index is 251. The number of nitrogens with zero attached hydrogens (tertiary/aromatic N) is 1. The number of halogens is 5. The number of hydrogen-bond acceptors (Lipinski definition) is 1. The van der Waals surface area contributed by atoms with Gasteiger partial charge in [0.2, 0.25) is 0 Å². The van der Waals surface area contributed by atoms with Crippen LogP contribution in [0.5, 0.6) is 0 Å². The molecule has 0 atom stereocenters. The first kappa shape index (κ1) is 13.6. The fourth-order valence-electron chi connectivity index (χ4n) is 0.493. The van der Waals surface area contributed by atoms with E-state index in [2.05, 4.69) is 24.7 Å². The van der Waals surface area contributed by atoms with Crippen LogP contribution in [-0.2, 0) is 21.0 Å². The van der Waals surface area contributed by atoms with Crippen molar-refractivity contribution in [2.75, 3.05) is 0 Å². The second-order valence-corrected chi connectivity index (χ2v) is 2.17. The maximum absolute atomic E-state index is 11.8. The Balaban J connectivity index is 0.000000671. The van der Waals surface area contributed by atoms with Crippen LogP contribution in [0.4, 0.5) is 13.2 Å². The van der Waals surface area contributed by atoms with Gasteiger partial charge in [0.1, 0.15) is 0 Å². The van der Waals surface area contributed by atoms with Gasteiger partial charge >= 0.3 is 40.7 Å². The fourth-order valence-corrected chi connectivity index (χ4v) is 0.596. The van der Waals surface area contributed by atoms with Crippen molar-refractivity contribution in [3.63, 3.8) is 0 Å². The van der Waals surface area contributed by atoms with Crippen molar-refractivity contribution in [3.8, 4) is 0 Å².